The van der Waals surface area contributed by atoms with Gasteiger partial charge in [0, 0.05) is 17.2 Å². The summed E-state index contributed by atoms with van der Waals surface area (Å²) in [6.07, 6.45) is 0. The zero-order valence-corrected chi connectivity index (χ0v) is 8.46. The van der Waals surface area contributed by atoms with Crippen molar-refractivity contribution in [3.8, 4) is 11.5 Å². The van der Waals surface area contributed by atoms with Crippen molar-refractivity contribution >= 4 is 11.6 Å². The molecular weight excluding hydrogens is 215 g/mol. The van der Waals surface area contributed by atoms with Crippen LogP contribution in [0.25, 0.3) is 0 Å². The molecule has 2 aromatic carbocycles. The quantitative estimate of drug-likeness (QED) is 0.743. The van der Waals surface area contributed by atoms with Crippen molar-refractivity contribution in [2.24, 2.45) is 0 Å². The highest BCUT2D eigenvalue weighted by atomic mass is 35.5. The molecule has 0 unspecified atom stereocenters. The highest BCUT2D eigenvalue weighted by molar-refractivity contribution is 6.30. The molecule has 0 aliphatic carbocycles. The molecule has 0 saturated heterocycles. The highest BCUT2D eigenvalue weighted by Crippen LogP contribution is 2.23. The molecule has 0 atom stereocenters. The van der Waals surface area contributed by atoms with Crippen molar-refractivity contribution in [1.82, 2.24) is 0 Å². The first-order valence-corrected chi connectivity index (χ1v) is 4.72. The van der Waals surface area contributed by atoms with Gasteiger partial charge in [-0.2, -0.15) is 0 Å². The maximum atomic E-state index is 12.8. The van der Waals surface area contributed by atoms with Crippen molar-refractivity contribution in [1.29, 1.82) is 0 Å². The minimum atomic E-state index is -0.443. The summed E-state index contributed by atoms with van der Waals surface area (Å²) in [5.74, 6) is 0.611. The lowest BCUT2D eigenvalue weighted by Crippen LogP contribution is -1.84. The fourth-order valence-electron chi connectivity index (χ4n) is 1.12. The van der Waals surface area contributed by atoms with E-state index >= 15 is 0 Å². The van der Waals surface area contributed by atoms with Crippen LogP contribution in [0, 0.1) is 11.9 Å². The first kappa shape index (κ1) is 9.99. The van der Waals surface area contributed by atoms with E-state index in [1.807, 2.05) is 0 Å². The second kappa shape index (κ2) is 4.32. The fraction of sp³-hybridized carbons (Fsp3) is 0. The van der Waals surface area contributed by atoms with Gasteiger partial charge in [0.05, 0.1) is 0 Å². The molecule has 15 heavy (non-hydrogen) atoms. The molecule has 0 fully saturated rings. The molecule has 0 heterocycles. The van der Waals surface area contributed by atoms with Crippen LogP contribution in [0.4, 0.5) is 4.39 Å². The molecule has 0 aromatic heterocycles. The smallest absolute Gasteiger partial charge is 0.134 e. The molecule has 75 valence electrons. The molecule has 0 aliphatic heterocycles. The summed E-state index contributed by atoms with van der Waals surface area (Å²) >= 11 is 5.72. The molecule has 2 aromatic rings. The van der Waals surface area contributed by atoms with E-state index in [9.17, 15) is 4.39 Å². The molecule has 0 amide bonds. The summed E-state index contributed by atoms with van der Waals surface area (Å²) in [5.41, 5.74) is 0. The maximum absolute atomic E-state index is 12.8. The lowest BCUT2D eigenvalue weighted by Gasteiger charge is -2.04. The molecular formula is C12H7ClFO. The number of benzene rings is 2. The summed E-state index contributed by atoms with van der Waals surface area (Å²) in [7, 11) is 0. The van der Waals surface area contributed by atoms with E-state index in [4.69, 9.17) is 16.3 Å². The Labute approximate surface area is 92.1 Å². The Bertz CT molecular complexity index is 453. The van der Waals surface area contributed by atoms with Crippen LogP contribution in [0.5, 0.6) is 11.5 Å². The van der Waals surface area contributed by atoms with E-state index in [-0.39, 0.29) is 0 Å². The Morgan fingerprint density at radius 1 is 1.07 bits per heavy atom. The summed E-state index contributed by atoms with van der Waals surface area (Å²) in [6.45, 7) is 0. The van der Waals surface area contributed by atoms with Crippen LogP contribution in [0.1, 0.15) is 0 Å². The fourth-order valence-corrected chi connectivity index (χ4v) is 1.25. The van der Waals surface area contributed by atoms with Crippen LogP contribution in [0.3, 0.4) is 0 Å². The minimum absolute atomic E-state index is 0.438. The maximum Gasteiger partial charge on any atom is 0.134 e. The number of hydrogen-bond donors (Lipinski definition) is 0. The van der Waals surface area contributed by atoms with Crippen LogP contribution >= 0.6 is 11.6 Å². The van der Waals surface area contributed by atoms with Gasteiger partial charge in [0.15, 0.2) is 0 Å². The van der Waals surface area contributed by atoms with Crippen LogP contribution in [-0.4, -0.2) is 0 Å². The molecule has 1 nitrogen and oxygen atoms in total. The summed E-state index contributed by atoms with van der Waals surface area (Å²) < 4.78 is 18.2. The second-order valence-electron chi connectivity index (χ2n) is 2.93. The number of ether oxygens (including phenoxy) is 1. The third-order valence-corrected chi connectivity index (χ3v) is 2.04. The molecule has 0 N–H and O–H groups in total. The zero-order chi connectivity index (χ0) is 10.7. The van der Waals surface area contributed by atoms with E-state index in [1.165, 1.54) is 12.1 Å². The Kier molecular flexibility index (Phi) is 2.88. The van der Waals surface area contributed by atoms with Gasteiger partial charge in [-0.25, -0.2) is 4.39 Å². The van der Waals surface area contributed by atoms with Crippen LogP contribution in [-0.2, 0) is 0 Å². The Morgan fingerprint density at radius 2 is 1.80 bits per heavy atom. The van der Waals surface area contributed by atoms with Gasteiger partial charge in [-0.15, -0.1) is 0 Å². The van der Waals surface area contributed by atoms with Crippen molar-refractivity contribution < 1.29 is 9.13 Å². The van der Waals surface area contributed by atoms with E-state index in [1.54, 1.807) is 30.3 Å². The standard InChI is InChI=1S/C12H7ClFO/c13-9-4-6-11(7-5-9)15-12-3-1-2-10(14)8-12/h1,3-8H. The van der Waals surface area contributed by atoms with Gasteiger partial charge in [-0.05, 0) is 36.4 Å². The largest absolute Gasteiger partial charge is 0.457 e. The number of rotatable bonds is 2. The molecule has 0 spiro atoms. The molecule has 1 radical (unpaired) electrons. The predicted molar refractivity (Wildman–Crippen MR) is 56.8 cm³/mol. The average Bonchev–Trinajstić information content (AvgIpc) is 2.22. The van der Waals surface area contributed by atoms with Crippen molar-refractivity contribution in [3.63, 3.8) is 0 Å². The lowest BCUT2D eigenvalue weighted by molar-refractivity contribution is 0.476. The van der Waals surface area contributed by atoms with Gasteiger partial charge in [0.25, 0.3) is 0 Å². The second-order valence-corrected chi connectivity index (χ2v) is 3.36. The van der Waals surface area contributed by atoms with Gasteiger partial charge >= 0.3 is 0 Å². The Hall–Kier alpha value is -1.54. The summed E-state index contributed by atoms with van der Waals surface area (Å²) in [4.78, 5) is 0. The summed E-state index contributed by atoms with van der Waals surface area (Å²) in [5, 5.41) is 0.634. The SMILES string of the molecule is Fc1[c]ccc(Oc2ccc(Cl)cc2)c1. The predicted octanol–water partition coefficient (Wildman–Crippen LogP) is 4.07. The Morgan fingerprint density at radius 3 is 2.47 bits per heavy atom. The molecule has 0 bridgehead atoms. The van der Waals surface area contributed by atoms with Gasteiger partial charge in [0.1, 0.15) is 17.3 Å². The van der Waals surface area contributed by atoms with E-state index in [0.717, 1.165) is 0 Å². The van der Waals surface area contributed by atoms with Crippen molar-refractivity contribution in [2.75, 3.05) is 0 Å². The lowest BCUT2D eigenvalue weighted by atomic mass is 10.3. The van der Waals surface area contributed by atoms with Gasteiger partial charge in [0.2, 0.25) is 0 Å². The van der Waals surface area contributed by atoms with Gasteiger partial charge in [-0.3, -0.25) is 0 Å². The van der Waals surface area contributed by atoms with E-state index in [2.05, 4.69) is 6.07 Å². The molecule has 0 saturated carbocycles. The zero-order valence-electron chi connectivity index (χ0n) is 7.71. The van der Waals surface area contributed by atoms with Crippen LogP contribution in [0.15, 0.2) is 42.5 Å². The van der Waals surface area contributed by atoms with Crippen LogP contribution in [0.2, 0.25) is 5.02 Å². The highest BCUT2D eigenvalue weighted by Gasteiger charge is 1.98. The summed E-state index contributed by atoms with van der Waals surface area (Å²) in [6, 6.07) is 13.6. The number of hydrogen-bond acceptors (Lipinski definition) is 1. The molecule has 2 rings (SSSR count). The third-order valence-electron chi connectivity index (χ3n) is 1.79. The monoisotopic (exact) mass is 221 g/mol. The average molecular weight is 222 g/mol. The van der Waals surface area contributed by atoms with Gasteiger partial charge in [-0.1, -0.05) is 11.6 Å². The van der Waals surface area contributed by atoms with Gasteiger partial charge < -0.3 is 4.74 Å². The topological polar surface area (TPSA) is 9.23 Å². The minimum Gasteiger partial charge on any atom is -0.457 e. The van der Waals surface area contributed by atoms with E-state index < -0.39 is 5.82 Å². The third kappa shape index (κ3) is 2.70. The molecule has 0 aliphatic rings. The van der Waals surface area contributed by atoms with Crippen molar-refractivity contribution in [2.45, 2.75) is 0 Å². The van der Waals surface area contributed by atoms with E-state index in [0.29, 0.717) is 16.5 Å². The van der Waals surface area contributed by atoms with Crippen molar-refractivity contribution in [3.05, 3.63) is 59.4 Å². The Balaban J connectivity index is 2.18. The van der Waals surface area contributed by atoms with Crippen LogP contribution < -0.4 is 4.74 Å². The first-order valence-electron chi connectivity index (χ1n) is 4.35. The number of halogens is 2. The normalized spacial score (nSPS) is 10.0. The first-order chi connectivity index (χ1) is 7.24. The molecule has 3 heteroatoms.